The van der Waals surface area contributed by atoms with Crippen LogP contribution in [0.1, 0.15) is 39.0 Å². The Morgan fingerprint density at radius 3 is 2.69 bits per heavy atom. The fourth-order valence-corrected chi connectivity index (χ4v) is 6.06. The molecule has 0 radical (unpaired) electrons. The van der Waals surface area contributed by atoms with Gasteiger partial charge in [0.25, 0.3) is 0 Å². The van der Waals surface area contributed by atoms with Crippen molar-refractivity contribution in [2.24, 2.45) is 0 Å². The highest BCUT2D eigenvalue weighted by molar-refractivity contribution is 7.89. The molecule has 26 heavy (non-hydrogen) atoms. The lowest BCUT2D eigenvalue weighted by Crippen LogP contribution is -2.59. The Labute approximate surface area is 155 Å². The molecule has 3 aliphatic rings. The van der Waals surface area contributed by atoms with Crippen LogP contribution in [-0.4, -0.2) is 91.4 Å². The number of sulfonamides is 1. The van der Waals surface area contributed by atoms with E-state index < -0.39 is 16.1 Å². The van der Waals surface area contributed by atoms with Crippen molar-refractivity contribution in [3.05, 3.63) is 0 Å². The number of hydrogen-bond acceptors (Lipinski definition) is 5. The van der Waals surface area contributed by atoms with Crippen LogP contribution in [0, 0.1) is 0 Å². The van der Waals surface area contributed by atoms with Crippen molar-refractivity contribution in [3.8, 4) is 0 Å². The third kappa shape index (κ3) is 4.04. The summed E-state index contributed by atoms with van der Waals surface area (Å²) in [5.41, 5.74) is 0. The van der Waals surface area contributed by atoms with Gasteiger partial charge in [-0.2, -0.15) is 4.31 Å². The van der Waals surface area contributed by atoms with Crippen molar-refractivity contribution in [2.75, 3.05) is 45.0 Å². The van der Waals surface area contributed by atoms with Crippen LogP contribution in [0.25, 0.3) is 0 Å². The Balaban J connectivity index is 1.68. The first kappa shape index (κ1) is 19.6. The number of nitrogens with one attached hydrogen (secondary N) is 1. The zero-order valence-electron chi connectivity index (χ0n) is 15.5. The van der Waals surface area contributed by atoms with E-state index in [4.69, 9.17) is 0 Å². The van der Waals surface area contributed by atoms with E-state index in [1.54, 1.807) is 4.90 Å². The van der Waals surface area contributed by atoms with Gasteiger partial charge in [0.05, 0.1) is 12.3 Å². The molecule has 0 spiro atoms. The van der Waals surface area contributed by atoms with Crippen LogP contribution < -0.4 is 5.32 Å². The van der Waals surface area contributed by atoms with Gasteiger partial charge in [0.2, 0.25) is 21.8 Å². The van der Waals surface area contributed by atoms with E-state index in [2.05, 4.69) is 5.32 Å². The van der Waals surface area contributed by atoms with E-state index in [9.17, 15) is 18.0 Å². The van der Waals surface area contributed by atoms with Crippen LogP contribution in [0.15, 0.2) is 0 Å². The molecule has 2 atom stereocenters. The highest BCUT2D eigenvalue weighted by atomic mass is 32.2. The first-order valence-corrected chi connectivity index (χ1v) is 11.3. The Morgan fingerprint density at radius 2 is 1.96 bits per heavy atom. The largest absolute Gasteiger partial charge is 0.339 e. The fourth-order valence-electron chi connectivity index (χ4n) is 4.32. The van der Waals surface area contributed by atoms with Gasteiger partial charge < -0.3 is 15.1 Å². The van der Waals surface area contributed by atoms with E-state index in [0.717, 1.165) is 25.8 Å². The maximum absolute atomic E-state index is 13.1. The van der Waals surface area contributed by atoms with E-state index in [1.165, 1.54) is 4.31 Å². The second-order valence-electron chi connectivity index (χ2n) is 7.43. The first-order valence-electron chi connectivity index (χ1n) is 9.72. The minimum absolute atomic E-state index is 0.0457. The number of piperidine rings is 1. The van der Waals surface area contributed by atoms with E-state index >= 15 is 0 Å². The molecule has 0 aromatic carbocycles. The third-order valence-electron chi connectivity index (χ3n) is 5.58. The topological polar surface area (TPSA) is 90.0 Å². The van der Waals surface area contributed by atoms with Crippen LogP contribution in [0.3, 0.4) is 0 Å². The number of amides is 2. The summed E-state index contributed by atoms with van der Waals surface area (Å²) in [7, 11) is -3.37. The van der Waals surface area contributed by atoms with Gasteiger partial charge in [-0.05, 0) is 32.1 Å². The van der Waals surface area contributed by atoms with Gasteiger partial charge in [0.1, 0.15) is 6.04 Å². The zero-order valence-corrected chi connectivity index (χ0v) is 16.3. The molecule has 0 saturated carbocycles. The molecule has 3 fully saturated rings. The molecule has 1 N–H and O–H groups in total. The van der Waals surface area contributed by atoms with Gasteiger partial charge in [0, 0.05) is 38.8 Å². The van der Waals surface area contributed by atoms with Crippen molar-refractivity contribution in [3.63, 3.8) is 0 Å². The maximum Gasteiger partial charge on any atom is 0.241 e. The van der Waals surface area contributed by atoms with Crippen molar-refractivity contribution < 1.29 is 18.0 Å². The number of carbonyl (C=O) groups excluding carboxylic acids is 2. The Morgan fingerprint density at radius 1 is 1.19 bits per heavy atom. The normalized spacial score (nSPS) is 28.6. The number of rotatable bonds is 5. The van der Waals surface area contributed by atoms with Crippen molar-refractivity contribution >= 4 is 21.8 Å². The molecular formula is C17H30N4O4S. The van der Waals surface area contributed by atoms with Gasteiger partial charge in [0.15, 0.2) is 0 Å². The van der Waals surface area contributed by atoms with Gasteiger partial charge >= 0.3 is 0 Å². The van der Waals surface area contributed by atoms with Gasteiger partial charge in [-0.1, -0.05) is 6.92 Å². The Kier molecular flexibility index (Phi) is 6.19. The molecule has 3 rings (SSSR count). The summed E-state index contributed by atoms with van der Waals surface area (Å²) >= 11 is 0. The molecule has 2 amide bonds. The number of hydrogen-bond donors (Lipinski definition) is 1. The smallest absolute Gasteiger partial charge is 0.241 e. The molecule has 8 nitrogen and oxygen atoms in total. The minimum Gasteiger partial charge on any atom is -0.339 e. The van der Waals surface area contributed by atoms with Gasteiger partial charge in [-0.25, -0.2) is 8.42 Å². The lowest BCUT2D eigenvalue weighted by Gasteiger charge is -2.42. The van der Waals surface area contributed by atoms with Crippen LogP contribution >= 0.6 is 0 Å². The Hall–Kier alpha value is -1.19. The predicted octanol–water partition coefficient (Wildman–Crippen LogP) is -0.387. The standard InChI is InChI=1S/C17H30N4O4S/c1-2-11-26(24,25)21-9-4-6-15(21)17(23)19-8-3-5-14(13-19)20-10-7-18-12-16(20)22/h14-15,18H,2-13H2,1H3. The minimum atomic E-state index is -3.37. The van der Waals surface area contributed by atoms with E-state index in [1.807, 2.05) is 11.8 Å². The summed E-state index contributed by atoms with van der Waals surface area (Å²) in [5, 5.41) is 3.07. The van der Waals surface area contributed by atoms with E-state index in [-0.39, 0.29) is 23.6 Å². The zero-order chi connectivity index (χ0) is 18.7. The first-order chi connectivity index (χ1) is 12.4. The second-order valence-corrected chi connectivity index (χ2v) is 9.47. The molecule has 9 heteroatoms. The van der Waals surface area contributed by atoms with Crippen LogP contribution in [-0.2, 0) is 19.6 Å². The molecule has 2 unspecified atom stereocenters. The highest BCUT2D eigenvalue weighted by Crippen LogP contribution is 2.26. The molecule has 148 valence electrons. The summed E-state index contributed by atoms with van der Waals surface area (Å²) in [6.45, 7) is 5.25. The lowest BCUT2D eigenvalue weighted by molar-refractivity contribution is -0.142. The van der Waals surface area contributed by atoms with E-state index in [0.29, 0.717) is 45.6 Å². The van der Waals surface area contributed by atoms with Crippen molar-refractivity contribution in [2.45, 2.75) is 51.1 Å². The maximum atomic E-state index is 13.1. The summed E-state index contributed by atoms with van der Waals surface area (Å²) in [4.78, 5) is 28.9. The van der Waals surface area contributed by atoms with Crippen LogP contribution in [0.5, 0.6) is 0 Å². The average Bonchev–Trinajstić information content (AvgIpc) is 3.12. The Bertz CT molecular complexity index is 639. The third-order valence-corrected chi connectivity index (χ3v) is 7.66. The number of piperazine rings is 1. The summed E-state index contributed by atoms with van der Waals surface area (Å²) in [5.74, 6) is 0.0901. The van der Waals surface area contributed by atoms with Crippen molar-refractivity contribution in [1.29, 1.82) is 0 Å². The SMILES string of the molecule is CCCS(=O)(=O)N1CCCC1C(=O)N1CCCC(N2CCNCC2=O)C1. The van der Waals surface area contributed by atoms with Gasteiger partial charge in [-0.15, -0.1) is 0 Å². The predicted molar refractivity (Wildman–Crippen MR) is 98.0 cm³/mol. The fraction of sp³-hybridized carbons (Fsp3) is 0.882. The molecular weight excluding hydrogens is 356 g/mol. The summed E-state index contributed by atoms with van der Waals surface area (Å²) in [6, 6.07) is -0.520. The number of likely N-dealkylation sites (tertiary alicyclic amines) is 1. The summed E-state index contributed by atoms with van der Waals surface area (Å²) < 4.78 is 26.4. The second kappa shape index (κ2) is 8.22. The van der Waals surface area contributed by atoms with Gasteiger partial charge in [-0.3, -0.25) is 9.59 Å². The van der Waals surface area contributed by atoms with Crippen LogP contribution in [0.2, 0.25) is 0 Å². The molecule has 0 aliphatic carbocycles. The molecule has 0 aromatic heterocycles. The highest BCUT2D eigenvalue weighted by Gasteiger charge is 2.41. The monoisotopic (exact) mass is 386 g/mol. The summed E-state index contributed by atoms with van der Waals surface area (Å²) in [6.07, 6.45) is 3.62. The molecule has 3 heterocycles. The molecule has 3 saturated heterocycles. The molecule has 0 aromatic rings. The lowest BCUT2D eigenvalue weighted by atomic mass is 10.0. The van der Waals surface area contributed by atoms with Crippen LogP contribution in [0.4, 0.5) is 0 Å². The molecule has 0 bridgehead atoms. The average molecular weight is 387 g/mol. The van der Waals surface area contributed by atoms with Crippen molar-refractivity contribution in [1.82, 2.24) is 19.4 Å². The number of nitrogens with zero attached hydrogens (tertiary/aromatic N) is 3. The quantitative estimate of drug-likeness (QED) is 0.695. The number of carbonyl (C=O) groups is 2. The molecule has 3 aliphatic heterocycles.